The number of nitrogens with zero attached hydrogens (tertiary/aromatic N) is 1. The van der Waals surface area contributed by atoms with Gasteiger partial charge in [-0.1, -0.05) is 51.1 Å². The smallest absolute Gasteiger partial charge is 0.355 e. The van der Waals surface area contributed by atoms with Gasteiger partial charge in [-0.2, -0.15) is 0 Å². The quantitative estimate of drug-likeness (QED) is 0.287. The van der Waals surface area contributed by atoms with E-state index in [2.05, 4.69) is 63.2 Å². The average molecular weight is 454 g/mol. The van der Waals surface area contributed by atoms with E-state index in [0.717, 1.165) is 46.3 Å². The van der Waals surface area contributed by atoms with Gasteiger partial charge >= 0.3 is 5.97 Å². The number of hydrogen-bond acceptors (Lipinski definition) is 3. The van der Waals surface area contributed by atoms with Crippen LogP contribution in [0.25, 0.3) is 27.7 Å². The van der Waals surface area contributed by atoms with E-state index in [1.165, 1.54) is 5.56 Å². The molecule has 1 aliphatic rings. The Labute approximate surface area is 201 Å². The number of carbonyl (C=O) groups is 1. The van der Waals surface area contributed by atoms with Gasteiger partial charge in [-0.05, 0) is 84.3 Å². The first-order chi connectivity index (χ1) is 16.3. The number of fused-ring (bicyclic) bond motifs is 1. The third-order valence-electron chi connectivity index (χ3n) is 6.29. The minimum Gasteiger partial charge on any atom is -0.490 e. The van der Waals surface area contributed by atoms with Crippen molar-refractivity contribution in [3.05, 3.63) is 84.1 Å². The van der Waals surface area contributed by atoms with E-state index in [9.17, 15) is 4.79 Å². The van der Waals surface area contributed by atoms with Crippen LogP contribution in [0.3, 0.4) is 0 Å². The summed E-state index contributed by atoms with van der Waals surface area (Å²) in [4.78, 5) is 12.8. The summed E-state index contributed by atoms with van der Waals surface area (Å²) < 4.78 is 13.2. The summed E-state index contributed by atoms with van der Waals surface area (Å²) in [6.07, 6.45) is 2.60. The van der Waals surface area contributed by atoms with E-state index < -0.39 is 0 Å². The van der Waals surface area contributed by atoms with Gasteiger partial charge in [0.1, 0.15) is 11.4 Å². The zero-order valence-electron chi connectivity index (χ0n) is 20.3. The lowest BCUT2D eigenvalue weighted by Crippen LogP contribution is -2.11. The van der Waals surface area contributed by atoms with Crippen molar-refractivity contribution in [1.29, 1.82) is 0 Å². The third kappa shape index (κ3) is 4.45. The highest BCUT2D eigenvalue weighted by atomic mass is 16.5. The summed E-state index contributed by atoms with van der Waals surface area (Å²) in [6.45, 7) is 8.82. The topological polar surface area (TPSA) is 40.5 Å². The van der Waals surface area contributed by atoms with Crippen LogP contribution in [0, 0.1) is 0 Å². The summed E-state index contributed by atoms with van der Waals surface area (Å²) in [6, 6.07) is 24.9. The fraction of sp³-hybridized carbons (Fsp3) is 0.300. The Morgan fingerprint density at radius 1 is 0.912 bits per heavy atom. The molecule has 1 aliphatic carbocycles. The number of aromatic nitrogens is 1. The van der Waals surface area contributed by atoms with Crippen molar-refractivity contribution in [3.63, 3.8) is 0 Å². The minimum absolute atomic E-state index is 0.119. The number of esters is 1. The molecule has 0 N–H and O–H groups in total. The SMILES string of the molecule is CCOC(=O)c1cc2cc(-c3ccc(C(C)(C)C)cc3)ccc2n1-c1ccc(OC2CC2)cc1. The second-order valence-corrected chi connectivity index (χ2v) is 10.00. The van der Waals surface area contributed by atoms with Crippen LogP contribution >= 0.6 is 0 Å². The summed E-state index contributed by atoms with van der Waals surface area (Å²) in [5.74, 6) is 0.537. The van der Waals surface area contributed by atoms with Crippen molar-refractivity contribution in [2.24, 2.45) is 0 Å². The molecular weight excluding hydrogens is 422 g/mol. The highest BCUT2D eigenvalue weighted by Crippen LogP contribution is 2.32. The summed E-state index contributed by atoms with van der Waals surface area (Å²) in [5.41, 5.74) is 6.09. The van der Waals surface area contributed by atoms with Gasteiger partial charge in [0.15, 0.2) is 0 Å². The lowest BCUT2D eigenvalue weighted by atomic mass is 9.86. The second-order valence-electron chi connectivity index (χ2n) is 10.00. The molecule has 5 rings (SSSR count). The van der Waals surface area contributed by atoms with Crippen LogP contribution in [-0.4, -0.2) is 23.2 Å². The van der Waals surface area contributed by atoms with Gasteiger partial charge in [-0.15, -0.1) is 0 Å². The molecule has 1 fully saturated rings. The van der Waals surface area contributed by atoms with Crippen molar-refractivity contribution in [2.75, 3.05) is 6.61 Å². The standard InChI is InChI=1S/C30H31NO3/c1-5-33-29(32)28-19-22-18-21(20-6-9-23(10-7-20)30(2,3)4)8-17-27(22)31(28)24-11-13-25(14-12-24)34-26-15-16-26/h6-14,17-19,26H,5,15-16H2,1-4H3. The lowest BCUT2D eigenvalue weighted by molar-refractivity contribution is 0.0517. The molecule has 0 unspecified atom stereocenters. The van der Waals surface area contributed by atoms with Crippen LogP contribution in [0.15, 0.2) is 72.8 Å². The first kappa shape index (κ1) is 22.3. The van der Waals surface area contributed by atoms with E-state index in [1.807, 2.05) is 41.8 Å². The molecule has 0 atom stereocenters. The molecule has 0 amide bonds. The molecule has 0 saturated heterocycles. The average Bonchev–Trinajstić information content (AvgIpc) is 3.55. The molecule has 1 saturated carbocycles. The van der Waals surface area contributed by atoms with Crippen molar-refractivity contribution in [3.8, 4) is 22.6 Å². The monoisotopic (exact) mass is 453 g/mol. The van der Waals surface area contributed by atoms with Gasteiger partial charge in [0.05, 0.1) is 18.2 Å². The van der Waals surface area contributed by atoms with Gasteiger partial charge in [0, 0.05) is 11.1 Å². The maximum atomic E-state index is 12.8. The van der Waals surface area contributed by atoms with E-state index in [0.29, 0.717) is 18.4 Å². The van der Waals surface area contributed by atoms with Crippen molar-refractivity contribution in [2.45, 2.75) is 52.1 Å². The molecule has 1 aromatic heterocycles. The molecular formula is C30H31NO3. The molecule has 4 aromatic rings. The van der Waals surface area contributed by atoms with Crippen LogP contribution < -0.4 is 4.74 Å². The summed E-state index contributed by atoms with van der Waals surface area (Å²) >= 11 is 0. The largest absolute Gasteiger partial charge is 0.490 e. The van der Waals surface area contributed by atoms with E-state index in [4.69, 9.17) is 9.47 Å². The zero-order chi connectivity index (χ0) is 23.9. The molecule has 4 heteroatoms. The van der Waals surface area contributed by atoms with Crippen molar-refractivity contribution < 1.29 is 14.3 Å². The van der Waals surface area contributed by atoms with Crippen LogP contribution in [0.2, 0.25) is 0 Å². The molecule has 3 aromatic carbocycles. The van der Waals surface area contributed by atoms with Crippen molar-refractivity contribution in [1.82, 2.24) is 4.57 Å². The Kier molecular flexibility index (Phi) is 5.68. The van der Waals surface area contributed by atoms with E-state index in [1.54, 1.807) is 0 Å². The maximum absolute atomic E-state index is 12.8. The maximum Gasteiger partial charge on any atom is 0.355 e. The molecule has 0 bridgehead atoms. The van der Waals surface area contributed by atoms with Gasteiger partial charge in [-0.25, -0.2) is 4.79 Å². The number of hydrogen-bond donors (Lipinski definition) is 0. The van der Waals surface area contributed by atoms with E-state index >= 15 is 0 Å². The Bertz CT molecular complexity index is 1320. The number of ether oxygens (including phenoxy) is 2. The summed E-state index contributed by atoms with van der Waals surface area (Å²) in [5, 5.41) is 0.999. The second kappa shape index (κ2) is 8.68. The van der Waals surface area contributed by atoms with E-state index in [-0.39, 0.29) is 11.4 Å². The van der Waals surface area contributed by atoms with Crippen LogP contribution in [-0.2, 0) is 10.2 Å². The number of carbonyl (C=O) groups excluding carboxylic acids is 1. The Morgan fingerprint density at radius 2 is 1.59 bits per heavy atom. The molecule has 0 radical (unpaired) electrons. The first-order valence-corrected chi connectivity index (χ1v) is 12.0. The lowest BCUT2D eigenvalue weighted by Gasteiger charge is -2.19. The fourth-order valence-electron chi connectivity index (χ4n) is 4.24. The molecule has 0 aliphatic heterocycles. The van der Waals surface area contributed by atoms with Gasteiger partial charge in [0.25, 0.3) is 0 Å². The predicted octanol–water partition coefficient (Wildman–Crippen LogP) is 7.31. The first-order valence-electron chi connectivity index (χ1n) is 12.0. The molecule has 34 heavy (non-hydrogen) atoms. The molecule has 0 spiro atoms. The number of rotatable bonds is 6. The molecule has 4 nitrogen and oxygen atoms in total. The molecule has 174 valence electrons. The van der Waals surface area contributed by atoms with Gasteiger partial charge in [0.2, 0.25) is 0 Å². The predicted molar refractivity (Wildman–Crippen MR) is 137 cm³/mol. The Morgan fingerprint density at radius 3 is 2.21 bits per heavy atom. The van der Waals surface area contributed by atoms with Crippen LogP contribution in [0.4, 0.5) is 0 Å². The third-order valence-corrected chi connectivity index (χ3v) is 6.29. The summed E-state index contributed by atoms with van der Waals surface area (Å²) in [7, 11) is 0. The zero-order valence-corrected chi connectivity index (χ0v) is 20.3. The van der Waals surface area contributed by atoms with Gasteiger partial charge in [-0.3, -0.25) is 0 Å². The van der Waals surface area contributed by atoms with Crippen LogP contribution in [0.1, 0.15) is 56.6 Å². The Balaban J connectivity index is 1.55. The Hall–Kier alpha value is -3.53. The highest BCUT2D eigenvalue weighted by Gasteiger charge is 2.24. The highest BCUT2D eigenvalue weighted by molar-refractivity contribution is 5.98. The van der Waals surface area contributed by atoms with Crippen molar-refractivity contribution >= 4 is 16.9 Å². The minimum atomic E-state index is -0.326. The molecule has 1 heterocycles. The number of benzene rings is 3. The fourth-order valence-corrected chi connectivity index (χ4v) is 4.24. The van der Waals surface area contributed by atoms with Gasteiger partial charge < -0.3 is 14.0 Å². The normalized spacial score (nSPS) is 13.8. The van der Waals surface area contributed by atoms with Crippen LogP contribution in [0.5, 0.6) is 5.75 Å².